The predicted molar refractivity (Wildman–Crippen MR) is 63.2 cm³/mol. The van der Waals surface area contributed by atoms with E-state index in [4.69, 9.17) is 0 Å². The SMILES string of the molecule is CCC.CCc1c(F)cc(F)cc1OCC(F)F. The molecule has 0 aliphatic rings. The molecule has 1 aromatic rings. The third-order valence-corrected chi connectivity index (χ3v) is 1.84. The summed E-state index contributed by atoms with van der Waals surface area (Å²) in [6.07, 6.45) is -1.16. The summed E-state index contributed by atoms with van der Waals surface area (Å²) >= 11 is 0. The minimum Gasteiger partial charge on any atom is -0.487 e. The van der Waals surface area contributed by atoms with E-state index >= 15 is 0 Å². The molecule has 0 heterocycles. The minimum atomic E-state index is -2.67. The third kappa shape index (κ3) is 5.89. The molecule has 5 heteroatoms. The van der Waals surface area contributed by atoms with Gasteiger partial charge in [0.1, 0.15) is 24.0 Å². The van der Waals surface area contributed by atoms with Gasteiger partial charge in [-0.2, -0.15) is 0 Å². The molecule has 0 aromatic heterocycles. The average Bonchev–Trinajstić information content (AvgIpc) is 2.26. The van der Waals surface area contributed by atoms with Crippen LogP contribution in [0.3, 0.4) is 0 Å². The molecular weight excluding hydrogens is 248 g/mol. The first kappa shape index (κ1) is 16.7. The highest BCUT2D eigenvalue weighted by Gasteiger charge is 2.12. The maximum absolute atomic E-state index is 13.1. The average molecular weight is 266 g/mol. The Morgan fingerprint density at radius 1 is 1.11 bits per heavy atom. The summed E-state index contributed by atoms with van der Waals surface area (Å²) in [4.78, 5) is 0. The molecule has 0 bridgehead atoms. The Bertz CT molecular complexity index is 353. The number of halogens is 4. The fourth-order valence-corrected chi connectivity index (χ4v) is 1.20. The van der Waals surface area contributed by atoms with Crippen LogP contribution in [0.5, 0.6) is 5.75 Å². The molecule has 0 unspecified atom stereocenters. The maximum atomic E-state index is 13.1. The Labute approximate surface area is 105 Å². The Morgan fingerprint density at radius 3 is 2.11 bits per heavy atom. The van der Waals surface area contributed by atoms with Crippen molar-refractivity contribution >= 4 is 0 Å². The van der Waals surface area contributed by atoms with Gasteiger partial charge in [0.25, 0.3) is 6.43 Å². The molecule has 0 N–H and O–H groups in total. The van der Waals surface area contributed by atoms with Gasteiger partial charge < -0.3 is 4.74 Å². The number of hydrogen-bond acceptors (Lipinski definition) is 1. The van der Waals surface area contributed by atoms with Crippen LogP contribution >= 0.6 is 0 Å². The molecule has 0 spiro atoms. The second-order valence-electron chi connectivity index (χ2n) is 3.63. The normalized spacial score (nSPS) is 10.0. The van der Waals surface area contributed by atoms with Gasteiger partial charge in [0.05, 0.1) is 0 Å². The van der Waals surface area contributed by atoms with Crippen LogP contribution in [0.25, 0.3) is 0 Å². The molecule has 0 aliphatic carbocycles. The molecule has 0 atom stereocenters. The summed E-state index contributed by atoms with van der Waals surface area (Å²) in [7, 11) is 0. The maximum Gasteiger partial charge on any atom is 0.272 e. The number of rotatable bonds is 4. The lowest BCUT2D eigenvalue weighted by Crippen LogP contribution is -2.09. The Hall–Kier alpha value is -1.26. The molecule has 0 aliphatic heterocycles. The lowest BCUT2D eigenvalue weighted by atomic mass is 10.1. The fourth-order valence-electron chi connectivity index (χ4n) is 1.20. The van der Waals surface area contributed by atoms with Crippen molar-refractivity contribution < 1.29 is 22.3 Å². The van der Waals surface area contributed by atoms with Gasteiger partial charge in [-0.05, 0) is 6.42 Å². The van der Waals surface area contributed by atoms with Crippen LogP contribution in [-0.2, 0) is 6.42 Å². The van der Waals surface area contributed by atoms with Crippen molar-refractivity contribution in [2.45, 2.75) is 40.0 Å². The molecule has 0 amide bonds. The van der Waals surface area contributed by atoms with Crippen molar-refractivity contribution in [1.29, 1.82) is 0 Å². The number of alkyl halides is 2. The summed E-state index contributed by atoms with van der Waals surface area (Å²) in [6, 6.07) is 1.61. The molecule has 1 nitrogen and oxygen atoms in total. The highest BCUT2D eigenvalue weighted by atomic mass is 19.3. The molecule has 0 fully saturated rings. The minimum absolute atomic E-state index is 0.108. The van der Waals surface area contributed by atoms with Gasteiger partial charge in [0, 0.05) is 17.7 Å². The molecule has 0 saturated carbocycles. The van der Waals surface area contributed by atoms with E-state index < -0.39 is 24.7 Å². The van der Waals surface area contributed by atoms with Crippen LogP contribution in [0.2, 0.25) is 0 Å². The Balaban J connectivity index is 0.000000873. The second kappa shape index (κ2) is 8.78. The van der Waals surface area contributed by atoms with Crippen LogP contribution in [-0.4, -0.2) is 13.0 Å². The van der Waals surface area contributed by atoms with E-state index in [0.717, 1.165) is 6.07 Å². The van der Waals surface area contributed by atoms with Gasteiger partial charge in [0.15, 0.2) is 0 Å². The van der Waals surface area contributed by atoms with Crippen molar-refractivity contribution in [3.8, 4) is 5.75 Å². The van der Waals surface area contributed by atoms with E-state index in [9.17, 15) is 17.6 Å². The van der Waals surface area contributed by atoms with E-state index in [1.165, 1.54) is 6.42 Å². The van der Waals surface area contributed by atoms with Gasteiger partial charge in [-0.1, -0.05) is 27.2 Å². The molecular formula is C13H18F4O. The number of benzene rings is 1. The summed E-state index contributed by atoms with van der Waals surface area (Å²) < 4.78 is 54.2. The van der Waals surface area contributed by atoms with Crippen LogP contribution in [0.1, 0.15) is 32.8 Å². The largest absolute Gasteiger partial charge is 0.487 e. The van der Waals surface area contributed by atoms with Crippen molar-refractivity contribution in [1.82, 2.24) is 0 Å². The zero-order valence-electron chi connectivity index (χ0n) is 10.8. The Morgan fingerprint density at radius 2 is 1.67 bits per heavy atom. The summed E-state index contributed by atoms with van der Waals surface area (Å²) in [5.41, 5.74) is 0.108. The highest BCUT2D eigenvalue weighted by molar-refractivity contribution is 5.35. The molecule has 1 aromatic carbocycles. The lowest BCUT2D eigenvalue weighted by Gasteiger charge is -2.10. The van der Waals surface area contributed by atoms with E-state index in [1.807, 2.05) is 0 Å². The van der Waals surface area contributed by atoms with E-state index in [2.05, 4.69) is 18.6 Å². The number of ether oxygens (including phenoxy) is 1. The van der Waals surface area contributed by atoms with Crippen molar-refractivity contribution in [2.24, 2.45) is 0 Å². The first-order valence-electron chi connectivity index (χ1n) is 5.85. The Kier molecular flexibility index (Phi) is 8.16. The smallest absolute Gasteiger partial charge is 0.272 e. The second-order valence-corrected chi connectivity index (χ2v) is 3.63. The van der Waals surface area contributed by atoms with E-state index in [-0.39, 0.29) is 17.7 Å². The molecule has 0 radical (unpaired) electrons. The summed E-state index contributed by atoms with van der Waals surface area (Å²) in [5, 5.41) is 0. The van der Waals surface area contributed by atoms with Crippen LogP contribution in [0, 0.1) is 11.6 Å². The first-order valence-corrected chi connectivity index (χ1v) is 5.85. The topological polar surface area (TPSA) is 9.23 Å². The standard InChI is InChI=1S/C10H10F4O.C3H8/c1-2-7-8(12)3-6(11)4-9(7)15-5-10(13)14;1-3-2/h3-4,10H,2,5H2,1H3;3H2,1-2H3. The van der Waals surface area contributed by atoms with Gasteiger partial charge in [-0.25, -0.2) is 17.6 Å². The fraction of sp³-hybridized carbons (Fsp3) is 0.538. The lowest BCUT2D eigenvalue weighted by molar-refractivity contribution is 0.0810. The molecule has 0 saturated heterocycles. The molecule has 18 heavy (non-hydrogen) atoms. The number of hydrogen-bond donors (Lipinski definition) is 0. The van der Waals surface area contributed by atoms with Crippen LogP contribution < -0.4 is 4.74 Å². The quantitative estimate of drug-likeness (QED) is 0.724. The van der Waals surface area contributed by atoms with Crippen molar-refractivity contribution in [3.05, 3.63) is 29.3 Å². The first-order chi connectivity index (χ1) is 8.46. The van der Waals surface area contributed by atoms with Gasteiger partial charge in [-0.3, -0.25) is 0 Å². The van der Waals surface area contributed by atoms with Gasteiger partial charge in [0.2, 0.25) is 0 Å². The molecule has 104 valence electrons. The van der Waals surface area contributed by atoms with Crippen molar-refractivity contribution in [2.75, 3.05) is 6.61 Å². The highest BCUT2D eigenvalue weighted by Crippen LogP contribution is 2.24. The van der Waals surface area contributed by atoms with Crippen LogP contribution in [0.4, 0.5) is 17.6 Å². The van der Waals surface area contributed by atoms with Crippen molar-refractivity contribution in [3.63, 3.8) is 0 Å². The summed E-state index contributed by atoms with van der Waals surface area (Å²) in [5.74, 6) is -1.77. The third-order valence-electron chi connectivity index (χ3n) is 1.84. The van der Waals surface area contributed by atoms with Gasteiger partial charge >= 0.3 is 0 Å². The zero-order chi connectivity index (χ0) is 14.1. The van der Waals surface area contributed by atoms with Gasteiger partial charge in [-0.15, -0.1) is 0 Å². The zero-order valence-corrected chi connectivity index (χ0v) is 10.8. The van der Waals surface area contributed by atoms with E-state index in [0.29, 0.717) is 6.07 Å². The van der Waals surface area contributed by atoms with E-state index in [1.54, 1.807) is 6.92 Å². The predicted octanol–water partition coefficient (Wildman–Crippen LogP) is 4.59. The molecule has 1 rings (SSSR count). The van der Waals surface area contributed by atoms with Crippen LogP contribution in [0.15, 0.2) is 12.1 Å². The monoisotopic (exact) mass is 266 g/mol. The summed E-state index contributed by atoms with van der Waals surface area (Å²) in [6.45, 7) is 5.02.